The third-order valence-electron chi connectivity index (χ3n) is 3.57. The van der Waals surface area contributed by atoms with Crippen LogP contribution in [0.2, 0.25) is 0 Å². The van der Waals surface area contributed by atoms with Crippen molar-refractivity contribution >= 4 is 27.3 Å². The molecule has 7 heteroatoms. The number of amides is 1. The molecule has 2 N–H and O–H groups in total. The molecule has 26 heavy (non-hydrogen) atoms. The summed E-state index contributed by atoms with van der Waals surface area (Å²) in [6, 6.07) is 10.1. The number of aryl methyl sites for hydroxylation is 1. The molecule has 0 radical (unpaired) electrons. The van der Waals surface area contributed by atoms with Gasteiger partial charge in [-0.1, -0.05) is 39.0 Å². The van der Waals surface area contributed by atoms with Crippen molar-refractivity contribution in [2.75, 3.05) is 10.0 Å². The molecule has 0 aliphatic heterocycles. The Kier molecular flexibility index (Phi) is 5.71. The van der Waals surface area contributed by atoms with Crippen LogP contribution in [0.15, 0.2) is 47.4 Å². The first-order chi connectivity index (χ1) is 12.0. The van der Waals surface area contributed by atoms with E-state index in [1.54, 1.807) is 19.1 Å². The van der Waals surface area contributed by atoms with Gasteiger partial charge in [-0.15, -0.1) is 0 Å². The summed E-state index contributed by atoms with van der Waals surface area (Å²) in [4.78, 5) is 12.1. The Morgan fingerprint density at radius 1 is 1.12 bits per heavy atom. The highest BCUT2D eigenvalue weighted by molar-refractivity contribution is 7.92. The monoisotopic (exact) mass is 378 g/mol. The van der Waals surface area contributed by atoms with Gasteiger partial charge in [0.25, 0.3) is 10.0 Å². The first-order valence-corrected chi connectivity index (χ1v) is 9.64. The lowest BCUT2D eigenvalue weighted by molar-refractivity contribution is -0.117. The van der Waals surface area contributed by atoms with E-state index in [1.165, 1.54) is 30.3 Å². The maximum Gasteiger partial charge on any atom is 0.262 e. The van der Waals surface area contributed by atoms with Crippen molar-refractivity contribution in [1.82, 2.24) is 0 Å². The zero-order chi connectivity index (χ0) is 19.5. The zero-order valence-electron chi connectivity index (χ0n) is 15.3. The Balaban J connectivity index is 2.28. The van der Waals surface area contributed by atoms with Crippen LogP contribution in [0.3, 0.4) is 0 Å². The van der Waals surface area contributed by atoms with Crippen molar-refractivity contribution in [1.29, 1.82) is 0 Å². The minimum Gasteiger partial charge on any atom is -0.326 e. The molecule has 0 saturated heterocycles. The number of halogens is 1. The maximum absolute atomic E-state index is 13.8. The minimum atomic E-state index is -4.00. The van der Waals surface area contributed by atoms with Crippen LogP contribution in [0.1, 0.15) is 32.8 Å². The van der Waals surface area contributed by atoms with Crippen LogP contribution >= 0.6 is 0 Å². The molecule has 0 aliphatic rings. The Hall–Kier alpha value is -2.41. The molecule has 5 nitrogen and oxygen atoms in total. The van der Waals surface area contributed by atoms with Gasteiger partial charge in [0.15, 0.2) is 0 Å². The van der Waals surface area contributed by atoms with Gasteiger partial charge in [-0.05, 0) is 42.2 Å². The summed E-state index contributed by atoms with van der Waals surface area (Å²) >= 11 is 0. The third-order valence-corrected chi connectivity index (χ3v) is 5.08. The Labute approximate surface area is 153 Å². The standard InChI is InChI=1S/C19H23FN2O3S/c1-13-9-10-14(21-18(23)12-19(2,3)4)11-17(13)26(24,25)22-16-8-6-5-7-15(16)20/h5-11,22H,12H2,1-4H3,(H,21,23). The predicted molar refractivity (Wildman–Crippen MR) is 101 cm³/mol. The number of sulfonamides is 1. The quantitative estimate of drug-likeness (QED) is 0.814. The fourth-order valence-electron chi connectivity index (χ4n) is 2.40. The van der Waals surface area contributed by atoms with Crippen LogP contribution in [0, 0.1) is 18.2 Å². The maximum atomic E-state index is 13.8. The fraction of sp³-hybridized carbons (Fsp3) is 0.316. The second-order valence-corrected chi connectivity index (χ2v) is 9.00. The molecule has 0 heterocycles. The molecule has 140 valence electrons. The first-order valence-electron chi connectivity index (χ1n) is 8.16. The van der Waals surface area contributed by atoms with E-state index < -0.39 is 15.8 Å². The summed E-state index contributed by atoms with van der Waals surface area (Å²) in [7, 11) is -4.00. The molecule has 0 unspecified atom stereocenters. The molecule has 0 atom stereocenters. The van der Waals surface area contributed by atoms with E-state index in [-0.39, 0.29) is 21.9 Å². The van der Waals surface area contributed by atoms with Gasteiger partial charge in [-0.2, -0.15) is 0 Å². The molecule has 2 aromatic rings. The van der Waals surface area contributed by atoms with Gasteiger partial charge in [0.2, 0.25) is 5.91 Å². The number of benzene rings is 2. The predicted octanol–water partition coefficient (Wildman–Crippen LogP) is 4.31. The van der Waals surface area contributed by atoms with E-state index in [0.717, 1.165) is 0 Å². The average molecular weight is 378 g/mol. The molecule has 2 rings (SSSR count). The molecule has 0 fully saturated rings. The Morgan fingerprint density at radius 3 is 2.38 bits per heavy atom. The summed E-state index contributed by atoms with van der Waals surface area (Å²) in [6.45, 7) is 7.46. The highest BCUT2D eigenvalue weighted by Gasteiger charge is 2.20. The van der Waals surface area contributed by atoms with Gasteiger partial charge in [-0.3, -0.25) is 9.52 Å². The number of para-hydroxylation sites is 1. The second-order valence-electron chi connectivity index (χ2n) is 7.35. The van der Waals surface area contributed by atoms with Crippen LogP contribution < -0.4 is 10.0 Å². The van der Waals surface area contributed by atoms with Crippen molar-refractivity contribution in [3.8, 4) is 0 Å². The fourth-order valence-corrected chi connectivity index (χ4v) is 3.74. The normalized spacial score (nSPS) is 11.9. The SMILES string of the molecule is Cc1ccc(NC(=O)CC(C)(C)C)cc1S(=O)(=O)Nc1ccccc1F. The van der Waals surface area contributed by atoms with E-state index in [4.69, 9.17) is 0 Å². The smallest absolute Gasteiger partial charge is 0.262 e. The molecule has 0 bridgehead atoms. The molecule has 1 amide bonds. The number of anilines is 2. The van der Waals surface area contributed by atoms with Crippen LogP contribution in [0.5, 0.6) is 0 Å². The molecule has 2 aromatic carbocycles. The van der Waals surface area contributed by atoms with Crippen LogP contribution in [-0.2, 0) is 14.8 Å². The number of rotatable bonds is 5. The van der Waals surface area contributed by atoms with Crippen molar-refractivity contribution in [3.63, 3.8) is 0 Å². The topological polar surface area (TPSA) is 75.3 Å². The number of hydrogen-bond acceptors (Lipinski definition) is 3. The molecule has 0 aliphatic carbocycles. The van der Waals surface area contributed by atoms with Crippen molar-refractivity contribution in [2.24, 2.45) is 5.41 Å². The van der Waals surface area contributed by atoms with Crippen LogP contribution in [0.25, 0.3) is 0 Å². The number of carbonyl (C=O) groups excluding carboxylic acids is 1. The minimum absolute atomic E-state index is 0.0192. The van der Waals surface area contributed by atoms with Crippen molar-refractivity contribution < 1.29 is 17.6 Å². The van der Waals surface area contributed by atoms with Gasteiger partial charge in [0.1, 0.15) is 5.82 Å². The number of carbonyl (C=O) groups is 1. The summed E-state index contributed by atoms with van der Waals surface area (Å²) in [5.74, 6) is -0.866. The molecular formula is C19H23FN2O3S. The summed E-state index contributed by atoms with van der Waals surface area (Å²) < 4.78 is 41.3. The van der Waals surface area contributed by atoms with E-state index in [0.29, 0.717) is 17.7 Å². The van der Waals surface area contributed by atoms with Gasteiger partial charge >= 0.3 is 0 Å². The van der Waals surface area contributed by atoms with E-state index in [2.05, 4.69) is 10.0 Å². The van der Waals surface area contributed by atoms with Crippen LogP contribution in [0.4, 0.5) is 15.8 Å². The van der Waals surface area contributed by atoms with E-state index >= 15 is 0 Å². The lowest BCUT2D eigenvalue weighted by Crippen LogP contribution is -2.20. The number of hydrogen-bond donors (Lipinski definition) is 2. The molecular weight excluding hydrogens is 355 g/mol. The highest BCUT2D eigenvalue weighted by atomic mass is 32.2. The van der Waals surface area contributed by atoms with Crippen LogP contribution in [-0.4, -0.2) is 14.3 Å². The molecule has 0 spiro atoms. The van der Waals surface area contributed by atoms with E-state index in [9.17, 15) is 17.6 Å². The Bertz CT molecular complexity index is 919. The third kappa shape index (κ3) is 5.29. The van der Waals surface area contributed by atoms with E-state index in [1.807, 2.05) is 20.8 Å². The van der Waals surface area contributed by atoms with Crippen molar-refractivity contribution in [3.05, 3.63) is 53.8 Å². The summed E-state index contributed by atoms with van der Waals surface area (Å²) in [5, 5.41) is 2.71. The lowest BCUT2D eigenvalue weighted by Gasteiger charge is -2.18. The highest BCUT2D eigenvalue weighted by Crippen LogP contribution is 2.25. The molecule has 0 aromatic heterocycles. The first kappa shape index (κ1) is 19.9. The zero-order valence-corrected chi connectivity index (χ0v) is 16.1. The lowest BCUT2D eigenvalue weighted by atomic mass is 9.92. The Morgan fingerprint density at radius 2 is 1.77 bits per heavy atom. The average Bonchev–Trinajstić information content (AvgIpc) is 2.49. The number of nitrogens with one attached hydrogen (secondary N) is 2. The van der Waals surface area contributed by atoms with Gasteiger partial charge in [-0.25, -0.2) is 12.8 Å². The summed E-state index contributed by atoms with van der Waals surface area (Å²) in [6.07, 6.45) is 0.302. The van der Waals surface area contributed by atoms with Gasteiger partial charge < -0.3 is 5.32 Å². The van der Waals surface area contributed by atoms with Gasteiger partial charge in [0.05, 0.1) is 10.6 Å². The van der Waals surface area contributed by atoms with Gasteiger partial charge in [0, 0.05) is 12.1 Å². The van der Waals surface area contributed by atoms with Crippen molar-refractivity contribution in [2.45, 2.75) is 39.0 Å². The molecule has 0 saturated carbocycles. The second kappa shape index (κ2) is 7.45. The summed E-state index contributed by atoms with van der Waals surface area (Å²) in [5.41, 5.74) is 0.547. The largest absolute Gasteiger partial charge is 0.326 e.